The van der Waals surface area contributed by atoms with Crippen LogP contribution in [0.3, 0.4) is 0 Å². The van der Waals surface area contributed by atoms with Gasteiger partial charge >= 0.3 is 6.09 Å². The fourth-order valence-corrected chi connectivity index (χ4v) is 3.27. The van der Waals surface area contributed by atoms with Gasteiger partial charge in [0.05, 0.1) is 18.4 Å². The number of hydrogen-bond donors (Lipinski definition) is 2. The van der Waals surface area contributed by atoms with E-state index in [-0.39, 0.29) is 18.1 Å². The van der Waals surface area contributed by atoms with Crippen LogP contribution in [0.2, 0.25) is 18.1 Å². The van der Waals surface area contributed by atoms with Crippen molar-refractivity contribution in [3.05, 3.63) is 29.8 Å². The molecule has 136 valence electrons. The van der Waals surface area contributed by atoms with E-state index < -0.39 is 32.4 Å². The van der Waals surface area contributed by atoms with Crippen molar-refractivity contribution < 1.29 is 23.5 Å². The highest BCUT2D eigenvalue weighted by Gasteiger charge is 2.39. The van der Waals surface area contributed by atoms with Crippen LogP contribution in [0.5, 0.6) is 0 Å². The minimum absolute atomic E-state index is 0.0522. The number of carbonyl (C=O) groups is 1. The van der Waals surface area contributed by atoms with Crippen LogP contribution in [0, 0.1) is 5.82 Å². The van der Waals surface area contributed by atoms with Crippen molar-refractivity contribution in [2.24, 2.45) is 5.73 Å². The van der Waals surface area contributed by atoms with E-state index in [1.165, 1.54) is 12.3 Å². The zero-order valence-electron chi connectivity index (χ0n) is 14.9. The molecule has 24 heavy (non-hydrogen) atoms. The van der Waals surface area contributed by atoms with Crippen LogP contribution in [0.1, 0.15) is 38.9 Å². The summed E-state index contributed by atoms with van der Waals surface area (Å²) in [6, 6.07) is 1.22. The van der Waals surface area contributed by atoms with Gasteiger partial charge in [0.25, 0.3) is 0 Å². The molecule has 0 aliphatic heterocycles. The molecular weight excluding hydrogens is 331 g/mol. The van der Waals surface area contributed by atoms with Gasteiger partial charge in [0, 0.05) is 18.2 Å². The number of amides is 1. The molecule has 0 saturated heterocycles. The lowest BCUT2D eigenvalue weighted by Crippen LogP contribution is -2.45. The smallest absolute Gasteiger partial charge is 0.404 e. The maximum atomic E-state index is 13.3. The van der Waals surface area contributed by atoms with E-state index in [9.17, 15) is 14.3 Å². The highest BCUT2D eigenvalue weighted by molar-refractivity contribution is 6.74. The van der Waals surface area contributed by atoms with Crippen LogP contribution >= 0.6 is 0 Å². The molecule has 0 spiro atoms. The standard InChI is InChI=1S/C16H27FN2O4Si/c1-16(2,3)24(4,5)23-13(10-22-15(18)21)7-14(20)11-6-12(17)9-19-8-11/h6,8-9,13-14,20H,7,10H2,1-5H3,(H2,18,21). The monoisotopic (exact) mass is 358 g/mol. The maximum Gasteiger partial charge on any atom is 0.404 e. The highest BCUT2D eigenvalue weighted by Crippen LogP contribution is 2.38. The molecular formula is C16H27FN2O4Si. The normalized spacial score (nSPS) is 15.0. The topological polar surface area (TPSA) is 94.7 Å². The van der Waals surface area contributed by atoms with Crippen molar-refractivity contribution in [3.63, 3.8) is 0 Å². The summed E-state index contributed by atoms with van der Waals surface area (Å²) in [6.07, 6.45) is 0.171. The van der Waals surface area contributed by atoms with E-state index in [0.717, 1.165) is 6.20 Å². The highest BCUT2D eigenvalue weighted by atomic mass is 28.4. The molecule has 0 bridgehead atoms. The summed E-state index contributed by atoms with van der Waals surface area (Å²) in [7, 11) is -2.15. The van der Waals surface area contributed by atoms with Crippen LogP contribution in [0.4, 0.5) is 9.18 Å². The molecule has 2 atom stereocenters. The number of nitrogens with two attached hydrogens (primary N) is 1. The van der Waals surface area contributed by atoms with Crippen LogP contribution in [-0.4, -0.2) is 37.2 Å². The van der Waals surface area contributed by atoms with Gasteiger partial charge in [-0.25, -0.2) is 9.18 Å². The second kappa shape index (κ2) is 8.04. The number of rotatable bonds is 7. The van der Waals surface area contributed by atoms with Crippen LogP contribution < -0.4 is 5.73 Å². The van der Waals surface area contributed by atoms with E-state index in [1.807, 2.05) is 0 Å². The molecule has 1 aromatic heterocycles. The van der Waals surface area contributed by atoms with Crippen molar-refractivity contribution >= 4 is 14.4 Å². The molecule has 2 unspecified atom stereocenters. The average Bonchev–Trinajstić information content (AvgIpc) is 2.43. The number of ether oxygens (including phenoxy) is 1. The molecule has 8 heteroatoms. The lowest BCUT2D eigenvalue weighted by molar-refractivity contribution is 0.0386. The minimum Gasteiger partial charge on any atom is -0.447 e. The van der Waals surface area contributed by atoms with Crippen LogP contribution in [0.25, 0.3) is 0 Å². The molecule has 1 heterocycles. The van der Waals surface area contributed by atoms with Gasteiger partial charge in [-0.15, -0.1) is 0 Å². The van der Waals surface area contributed by atoms with Crippen molar-refractivity contribution in [2.45, 2.75) is 57.5 Å². The largest absolute Gasteiger partial charge is 0.447 e. The first-order chi connectivity index (χ1) is 10.9. The zero-order valence-corrected chi connectivity index (χ0v) is 15.9. The number of halogens is 1. The van der Waals surface area contributed by atoms with Gasteiger partial charge in [0.15, 0.2) is 8.32 Å². The Balaban J connectivity index is 2.87. The Morgan fingerprint density at radius 1 is 1.42 bits per heavy atom. The second-order valence-corrected chi connectivity index (χ2v) is 12.1. The van der Waals surface area contributed by atoms with Crippen molar-refractivity contribution in [1.82, 2.24) is 4.98 Å². The third-order valence-corrected chi connectivity index (χ3v) is 8.81. The lowest BCUT2D eigenvalue weighted by Gasteiger charge is -2.39. The number of aliphatic hydroxyl groups excluding tert-OH is 1. The Labute approximate surface area is 143 Å². The summed E-state index contributed by atoms with van der Waals surface area (Å²) in [6.45, 7) is 10.3. The number of nitrogens with zero attached hydrogens (tertiary/aromatic N) is 1. The molecule has 0 aromatic carbocycles. The molecule has 6 nitrogen and oxygen atoms in total. The van der Waals surface area contributed by atoms with Gasteiger partial charge in [-0.3, -0.25) is 4.98 Å². The van der Waals surface area contributed by atoms with E-state index in [1.54, 1.807) is 0 Å². The fraction of sp³-hybridized carbons (Fsp3) is 0.625. The number of carbonyl (C=O) groups excluding carboxylic acids is 1. The quantitative estimate of drug-likeness (QED) is 0.730. The van der Waals surface area contributed by atoms with Gasteiger partial charge in [0.1, 0.15) is 12.4 Å². The summed E-state index contributed by atoms with van der Waals surface area (Å²) < 4.78 is 24.3. The predicted molar refractivity (Wildman–Crippen MR) is 91.4 cm³/mol. The lowest BCUT2D eigenvalue weighted by atomic mass is 10.1. The first-order valence-corrected chi connectivity index (χ1v) is 10.7. The Morgan fingerprint density at radius 3 is 2.54 bits per heavy atom. The van der Waals surface area contributed by atoms with Crippen molar-refractivity contribution in [3.8, 4) is 0 Å². The number of pyridine rings is 1. The number of aliphatic hydroxyl groups is 1. The Hall–Kier alpha value is -1.51. The maximum absolute atomic E-state index is 13.3. The molecule has 0 saturated carbocycles. The Bertz CT molecular complexity index is 563. The SMILES string of the molecule is CC(C)(C)[Si](C)(C)OC(COC(N)=O)CC(O)c1cncc(F)c1. The van der Waals surface area contributed by atoms with E-state index in [0.29, 0.717) is 5.56 Å². The third kappa shape index (κ3) is 6.18. The Kier molecular flexibility index (Phi) is 6.88. The minimum atomic E-state index is -2.15. The molecule has 0 aliphatic carbocycles. The van der Waals surface area contributed by atoms with Gasteiger partial charge in [-0.05, 0) is 24.2 Å². The van der Waals surface area contributed by atoms with Crippen LogP contribution in [-0.2, 0) is 9.16 Å². The summed E-state index contributed by atoms with van der Waals surface area (Å²) in [4.78, 5) is 14.6. The van der Waals surface area contributed by atoms with E-state index >= 15 is 0 Å². The predicted octanol–water partition coefficient (Wildman–Crippen LogP) is 3.13. The fourth-order valence-electron chi connectivity index (χ4n) is 1.91. The van der Waals surface area contributed by atoms with Crippen LogP contribution in [0.15, 0.2) is 18.5 Å². The summed E-state index contributed by atoms with van der Waals surface area (Å²) in [5.41, 5.74) is 5.37. The number of aromatic nitrogens is 1. The third-order valence-electron chi connectivity index (χ3n) is 4.28. The average molecular weight is 358 g/mol. The molecule has 0 radical (unpaired) electrons. The van der Waals surface area contributed by atoms with Crippen molar-refractivity contribution in [1.29, 1.82) is 0 Å². The van der Waals surface area contributed by atoms with E-state index in [4.69, 9.17) is 14.9 Å². The molecule has 1 amide bonds. The molecule has 3 N–H and O–H groups in total. The first kappa shape index (κ1) is 20.5. The first-order valence-electron chi connectivity index (χ1n) is 7.81. The second-order valence-electron chi connectivity index (χ2n) is 7.32. The van der Waals surface area contributed by atoms with E-state index in [2.05, 4.69) is 38.8 Å². The molecule has 0 aliphatic rings. The van der Waals surface area contributed by atoms with Gasteiger partial charge in [-0.2, -0.15) is 0 Å². The summed E-state index contributed by atoms with van der Waals surface area (Å²) in [5, 5.41) is 10.3. The number of hydrogen-bond acceptors (Lipinski definition) is 5. The molecule has 1 aromatic rings. The molecule has 1 rings (SSSR count). The van der Waals surface area contributed by atoms with Gasteiger partial charge < -0.3 is 20.0 Å². The summed E-state index contributed by atoms with van der Waals surface area (Å²) >= 11 is 0. The van der Waals surface area contributed by atoms with Crippen molar-refractivity contribution in [2.75, 3.05) is 6.61 Å². The van der Waals surface area contributed by atoms with Gasteiger partial charge in [-0.1, -0.05) is 20.8 Å². The summed E-state index contributed by atoms with van der Waals surface area (Å²) in [5.74, 6) is -0.526. The molecule has 0 fully saturated rings. The number of primary amides is 1. The van der Waals surface area contributed by atoms with Gasteiger partial charge in [0.2, 0.25) is 0 Å². The zero-order chi connectivity index (χ0) is 18.5. The Morgan fingerprint density at radius 2 is 2.04 bits per heavy atom.